The first kappa shape index (κ1) is 14.1. The van der Waals surface area contributed by atoms with Crippen LogP contribution in [0.3, 0.4) is 0 Å². The van der Waals surface area contributed by atoms with Crippen LogP contribution in [0.2, 0.25) is 0 Å². The quantitative estimate of drug-likeness (QED) is 0.550. The number of hydrogen-bond donors (Lipinski definition) is 2. The van der Waals surface area contributed by atoms with Gasteiger partial charge in [0.1, 0.15) is 5.82 Å². The molecule has 0 spiro atoms. The Hall–Kier alpha value is -2.89. The molecular weight excluding hydrogens is 280 g/mol. The first-order chi connectivity index (χ1) is 10.7. The summed E-state index contributed by atoms with van der Waals surface area (Å²) in [7, 11) is 0. The molecule has 3 rings (SSSR count). The van der Waals surface area contributed by atoms with Crippen molar-refractivity contribution in [1.82, 2.24) is 9.97 Å². The van der Waals surface area contributed by atoms with E-state index in [1.54, 1.807) is 12.1 Å². The average Bonchev–Trinajstić information content (AvgIpc) is 2.96. The van der Waals surface area contributed by atoms with Gasteiger partial charge in [0.15, 0.2) is 0 Å². The third kappa shape index (κ3) is 2.76. The van der Waals surface area contributed by atoms with Crippen LogP contribution in [-0.2, 0) is 0 Å². The molecule has 22 heavy (non-hydrogen) atoms. The van der Waals surface area contributed by atoms with Gasteiger partial charge in [0.05, 0.1) is 22.0 Å². The molecule has 0 saturated heterocycles. The fourth-order valence-electron chi connectivity index (χ4n) is 2.38. The van der Waals surface area contributed by atoms with Crippen LogP contribution in [0.1, 0.15) is 25.2 Å². The summed E-state index contributed by atoms with van der Waals surface area (Å²) in [6.45, 7) is 2.07. The molecular formula is C16H16N4O2. The first-order valence-electron chi connectivity index (χ1n) is 7.13. The predicted octanol–water partition coefficient (Wildman–Crippen LogP) is 4.03. The van der Waals surface area contributed by atoms with Gasteiger partial charge in [0.2, 0.25) is 0 Å². The van der Waals surface area contributed by atoms with E-state index in [1.165, 1.54) is 12.1 Å². The molecule has 0 radical (unpaired) electrons. The molecule has 0 saturated carbocycles. The Morgan fingerprint density at radius 1 is 1.23 bits per heavy atom. The Balaban J connectivity index is 1.83. The van der Waals surface area contributed by atoms with Crippen LogP contribution in [0.25, 0.3) is 11.0 Å². The Kier molecular flexibility index (Phi) is 3.74. The summed E-state index contributed by atoms with van der Waals surface area (Å²) in [5.74, 6) is 0.863. The minimum atomic E-state index is -0.402. The average molecular weight is 296 g/mol. The number of hydrogen-bond acceptors (Lipinski definition) is 4. The maximum Gasteiger partial charge on any atom is 0.269 e. The maximum absolute atomic E-state index is 10.7. The molecule has 0 aliphatic rings. The number of H-pyrrole nitrogens is 1. The second-order valence-electron chi connectivity index (χ2n) is 5.05. The van der Waals surface area contributed by atoms with Crippen LogP contribution in [-0.4, -0.2) is 14.9 Å². The van der Waals surface area contributed by atoms with Crippen molar-refractivity contribution in [3.8, 4) is 0 Å². The zero-order valence-electron chi connectivity index (χ0n) is 12.1. The highest BCUT2D eigenvalue weighted by Crippen LogP contribution is 2.24. The monoisotopic (exact) mass is 296 g/mol. The highest BCUT2D eigenvalue weighted by atomic mass is 16.6. The molecule has 0 amide bonds. The van der Waals surface area contributed by atoms with Crippen molar-refractivity contribution in [2.45, 2.75) is 19.4 Å². The fourth-order valence-corrected chi connectivity index (χ4v) is 2.38. The third-order valence-corrected chi connectivity index (χ3v) is 3.57. The van der Waals surface area contributed by atoms with Crippen LogP contribution >= 0.6 is 0 Å². The van der Waals surface area contributed by atoms with E-state index in [0.29, 0.717) is 0 Å². The van der Waals surface area contributed by atoms with E-state index in [9.17, 15) is 10.1 Å². The Morgan fingerprint density at radius 2 is 1.95 bits per heavy atom. The van der Waals surface area contributed by atoms with Gasteiger partial charge in [-0.15, -0.1) is 0 Å². The van der Waals surface area contributed by atoms with Crippen molar-refractivity contribution >= 4 is 22.4 Å². The number of imidazole rings is 1. The minimum absolute atomic E-state index is 0.0221. The summed E-state index contributed by atoms with van der Waals surface area (Å²) >= 11 is 0. The Bertz CT molecular complexity index is 762. The number of fused-ring (bicyclic) bond motifs is 1. The van der Waals surface area contributed by atoms with Crippen molar-refractivity contribution in [2.24, 2.45) is 0 Å². The van der Waals surface area contributed by atoms with Gasteiger partial charge in [-0.1, -0.05) is 19.1 Å². The Morgan fingerprint density at radius 3 is 2.59 bits per heavy atom. The summed E-state index contributed by atoms with van der Waals surface area (Å²) < 4.78 is 0. The van der Waals surface area contributed by atoms with Crippen LogP contribution in [0, 0.1) is 10.1 Å². The van der Waals surface area contributed by atoms with E-state index < -0.39 is 4.92 Å². The lowest BCUT2D eigenvalue weighted by Crippen LogP contribution is -2.11. The van der Waals surface area contributed by atoms with E-state index in [-0.39, 0.29) is 11.7 Å². The largest absolute Gasteiger partial charge is 0.375 e. The SMILES string of the molecule is CCC(Nc1ccc([N+](=O)[O-])cc1)c1nc2ccccc2[nH]1. The topological polar surface area (TPSA) is 83.8 Å². The molecule has 0 aliphatic heterocycles. The number of nitrogens with zero attached hydrogens (tertiary/aromatic N) is 2. The van der Waals surface area contributed by atoms with Gasteiger partial charge in [-0.05, 0) is 30.7 Å². The second-order valence-corrected chi connectivity index (χ2v) is 5.05. The van der Waals surface area contributed by atoms with E-state index >= 15 is 0 Å². The van der Waals surface area contributed by atoms with Crippen LogP contribution in [0.5, 0.6) is 0 Å². The van der Waals surface area contributed by atoms with E-state index in [2.05, 4.69) is 22.2 Å². The normalized spacial score (nSPS) is 12.2. The number of aromatic nitrogens is 2. The molecule has 2 aromatic carbocycles. The summed E-state index contributed by atoms with van der Waals surface area (Å²) in [5.41, 5.74) is 2.85. The van der Waals surface area contributed by atoms with Crippen LogP contribution in [0.4, 0.5) is 11.4 Å². The lowest BCUT2D eigenvalue weighted by Gasteiger charge is -2.15. The number of non-ortho nitro benzene ring substituents is 1. The van der Waals surface area contributed by atoms with Gasteiger partial charge in [-0.2, -0.15) is 0 Å². The molecule has 0 aliphatic carbocycles. The standard InChI is InChI=1S/C16H16N4O2/c1-2-13(16-18-14-5-3-4-6-15(14)19-16)17-11-7-9-12(10-8-11)20(21)22/h3-10,13,17H,2H2,1H3,(H,18,19). The smallest absolute Gasteiger partial charge is 0.269 e. The highest BCUT2D eigenvalue weighted by Gasteiger charge is 2.14. The van der Waals surface area contributed by atoms with Gasteiger partial charge in [-0.3, -0.25) is 10.1 Å². The zero-order chi connectivity index (χ0) is 15.5. The van der Waals surface area contributed by atoms with Crippen molar-refractivity contribution in [1.29, 1.82) is 0 Å². The number of nitro groups is 1. The molecule has 0 bridgehead atoms. The lowest BCUT2D eigenvalue weighted by molar-refractivity contribution is -0.384. The maximum atomic E-state index is 10.7. The zero-order valence-corrected chi connectivity index (χ0v) is 12.1. The van der Waals surface area contributed by atoms with E-state index in [4.69, 9.17) is 0 Å². The van der Waals surface area contributed by atoms with Crippen molar-refractivity contribution in [2.75, 3.05) is 5.32 Å². The van der Waals surface area contributed by atoms with Gasteiger partial charge < -0.3 is 10.3 Å². The number of rotatable bonds is 5. The third-order valence-electron chi connectivity index (χ3n) is 3.57. The van der Waals surface area contributed by atoms with Gasteiger partial charge >= 0.3 is 0 Å². The highest BCUT2D eigenvalue weighted by molar-refractivity contribution is 5.75. The Labute approximate surface area is 127 Å². The van der Waals surface area contributed by atoms with Gasteiger partial charge in [0.25, 0.3) is 5.69 Å². The minimum Gasteiger partial charge on any atom is -0.375 e. The molecule has 1 aromatic heterocycles. The molecule has 6 nitrogen and oxygen atoms in total. The summed E-state index contributed by atoms with van der Waals surface area (Å²) in [4.78, 5) is 18.2. The van der Waals surface area contributed by atoms with Crippen LogP contribution in [0.15, 0.2) is 48.5 Å². The molecule has 0 fully saturated rings. The number of nitro benzene ring substituents is 1. The predicted molar refractivity (Wildman–Crippen MR) is 85.8 cm³/mol. The number of anilines is 1. The van der Waals surface area contributed by atoms with Crippen molar-refractivity contribution < 1.29 is 4.92 Å². The fraction of sp³-hybridized carbons (Fsp3) is 0.188. The first-order valence-corrected chi connectivity index (χ1v) is 7.13. The van der Waals surface area contributed by atoms with Gasteiger partial charge in [0, 0.05) is 17.8 Å². The lowest BCUT2D eigenvalue weighted by atomic mass is 10.2. The van der Waals surface area contributed by atoms with Crippen molar-refractivity contribution in [3.63, 3.8) is 0 Å². The summed E-state index contributed by atoms with van der Waals surface area (Å²) in [6, 6.07) is 14.3. The molecule has 112 valence electrons. The van der Waals surface area contributed by atoms with E-state index in [1.807, 2.05) is 24.3 Å². The van der Waals surface area contributed by atoms with Crippen LogP contribution < -0.4 is 5.32 Å². The summed E-state index contributed by atoms with van der Waals surface area (Å²) in [6.07, 6.45) is 0.844. The number of nitrogens with one attached hydrogen (secondary N) is 2. The molecule has 6 heteroatoms. The molecule has 1 heterocycles. The molecule has 1 unspecified atom stereocenters. The number of benzene rings is 2. The molecule has 1 atom stereocenters. The molecule has 3 aromatic rings. The molecule has 2 N–H and O–H groups in total. The number of aromatic amines is 1. The summed E-state index contributed by atoms with van der Waals surface area (Å²) in [5, 5.41) is 14.0. The van der Waals surface area contributed by atoms with Crippen molar-refractivity contribution in [3.05, 3.63) is 64.5 Å². The van der Waals surface area contributed by atoms with Gasteiger partial charge in [-0.25, -0.2) is 4.98 Å². The van der Waals surface area contributed by atoms with E-state index in [0.717, 1.165) is 29.0 Å². The number of para-hydroxylation sites is 2. The second kappa shape index (κ2) is 5.85.